The molecule has 1 N–H and O–H groups in total. The summed E-state index contributed by atoms with van der Waals surface area (Å²) >= 11 is 0. The number of hydrogen-bond donors (Lipinski definition) is 1. The first-order valence-electron chi connectivity index (χ1n) is 6.36. The smallest absolute Gasteiger partial charge is 0.252 e. The van der Waals surface area contributed by atoms with E-state index in [1.54, 1.807) is 6.20 Å². The molecule has 1 aromatic rings. The van der Waals surface area contributed by atoms with Crippen LogP contribution in [0.2, 0.25) is 0 Å². The summed E-state index contributed by atoms with van der Waals surface area (Å²) in [7, 11) is 0. The number of rotatable bonds is 3. The van der Waals surface area contributed by atoms with E-state index in [0.717, 1.165) is 29.7 Å². The minimum atomic E-state index is -0.646. The number of aryl methyl sites for hydroxylation is 2. The van der Waals surface area contributed by atoms with E-state index in [1.807, 2.05) is 20.8 Å². The molecule has 1 atom stereocenters. The molecule has 2 rings (SSSR count). The highest BCUT2D eigenvalue weighted by Crippen LogP contribution is 2.25. The van der Waals surface area contributed by atoms with Crippen molar-refractivity contribution in [3.05, 3.63) is 29.1 Å². The molecule has 1 amide bonds. The van der Waals surface area contributed by atoms with E-state index in [9.17, 15) is 4.79 Å². The Labute approximate surface area is 108 Å². The standard InChI is InChI=1S/C14H20N2O2/c1-10-7-12(8-15-11(10)2)9-16-13(17)14(3)5-4-6-18-14/h7-8H,4-6,9H2,1-3H3,(H,16,17)/t14-/m0/s1. The van der Waals surface area contributed by atoms with Gasteiger partial charge in [0.15, 0.2) is 0 Å². The summed E-state index contributed by atoms with van der Waals surface area (Å²) in [6.07, 6.45) is 3.56. The Balaban J connectivity index is 1.95. The van der Waals surface area contributed by atoms with Crippen molar-refractivity contribution in [2.24, 2.45) is 0 Å². The fraction of sp³-hybridized carbons (Fsp3) is 0.571. The fourth-order valence-corrected chi connectivity index (χ4v) is 2.13. The zero-order valence-electron chi connectivity index (χ0n) is 11.2. The van der Waals surface area contributed by atoms with E-state index in [-0.39, 0.29) is 5.91 Å². The summed E-state index contributed by atoms with van der Waals surface area (Å²) in [5, 5.41) is 2.92. The Kier molecular flexibility index (Phi) is 3.66. The number of carbonyl (C=O) groups excluding carboxylic acids is 1. The van der Waals surface area contributed by atoms with Crippen LogP contribution in [-0.2, 0) is 16.1 Å². The number of amides is 1. The van der Waals surface area contributed by atoms with Gasteiger partial charge in [-0.05, 0) is 44.7 Å². The van der Waals surface area contributed by atoms with Crippen molar-refractivity contribution >= 4 is 5.91 Å². The topological polar surface area (TPSA) is 51.2 Å². The van der Waals surface area contributed by atoms with Crippen LogP contribution in [0, 0.1) is 13.8 Å². The zero-order valence-corrected chi connectivity index (χ0v) is 11.2. The minimum Gasteiger partial charge on any atom is -0.365 e. The first kappa shape index (κ1) is 13.0. The second-order valence-electron chi connectivity index (χ2n) is 5.11. The average Bonchev–Trinajstić information content (AvgIpc) is 2.79. The van der Waals surface area contributed by atoms with E-state index in [4.69, 9.17) is 4.74 Å². The second kappa shape index (κ2) is 5.06. The van der Waals surface area contributed by atoms with Crippen LogP contribution in [0.25, 0.3) is 0 Å². The summed E-state index contributed by atoms with van der Waals surface area (Å²) in [5.41, 5.74) is 2.54. The third kappa shape index (κ3) is 2.70. The monoisotopic (exact) mass is 248 g/mol. The lowest BCUT2D eigenvalue weighted by Crippen LogP contribution is -2.43. The number of ether oxygens (including phenoxy) is 1. The number of carbonyl (C=O) groups is 1. The molecule has 1 aromatic heterocycles. The predicted octanol–water partition coefficient (Wildman–Crippen LogP) is 1.88. The Bertz CT molecular complexity index is 451. The maximum absolute atomic E-state index is 12.0. The van der Waals surface area contributed by atoms with Gasteiger partial charge in [0.2, 0.25) is 0 Å². The Morgan fingerprint density at radius 2 is 2.33 bits per heavy atom. The Morgan fingerprint density at radius 3 is 2.94 bits per heavy atom. The number of pyridine rings is 1. The van der Waals surface area contributed by atoms with Crippen LogP contribution >= 0.6 is 0 Å². The highest BCUT2D eigenvalue weighted by molar-refractivity contribution is 5.84. The summed E-state index contributed by atoms with van der Waals surface area (Å²) < 4.78 is 5.51. The van der Waals surface area contributed by atoms with Gasteiger partial charge in [-0.1, -0.05) is 6.07 Å². The molecule has 2 heterocycles. The molecule has 4 heteroatoms. The highest BCUT2D eigenvalue weighted by Gasteiger charge is 2.37. The van der Waals surface area contributed by atoms with Crippen LogP contribution in [0.3, 0.4) is 0 Å². The third-order valence-electron chi connectivity index (χ3n) is 3.55. The van der Waals surface area contributed by atoms with Crippen molar-refractivity contribution in [1.29, 1.82) is 0 Å². The third-order valence-corrected chi connectivity index (χ3v) is 3.55. The highest BCUT2D eigenvalue weighted by atomic mass is 16.5. The maximum atomic E-state index is 12.0. The predicted molar refractivity (Wildman–Crippen MR) is 69.1 cm³/mol. The molecule has 98 valence electrons. The molecular formula is C14H20N2O2. The van der Waals surface area contributed by atoms with Crippen molar-refractivity contribution in [3.8, 4) is 0 Å². The van der Waals surface area contributed by atoms with Gasteiger partial charge in [0.25, 0.3) is 5.91 Å². The molecule has 0 spiro atoms. The minimum absolute atomic E-state index is 0.0294. The Hall–Kier alpha value is -1.42. The molecule has 0 unspecified atom stereocenters. The van der Waals surface area contributed by atoms with Crippen LogP contribution in [0.1, 0.15) is 36.6 Å². The van der Waals surface area contributed by atoms with Crippen molar-refractivity contribution < 1.29 is 9.53 Å². The molecule has 0 saturated carbocycles. The van der Waals surface area contributed by atoms with Gasteiger partial charge in [-0.25, -0.2) is 0 Å². The maximum Gasteiger partial charge on any atom is 0.252 e. The number of aromatic nitrogens is 1. The molecule has 0 aromatic carbocycles. The lowest BCUT2D eigenvalue weighted by molar-refractivity contribution is -0.139. The molecule has 0 radical (unpaired) electrons. The fourth-order valence-electron chi connectivity index (χ4n) is 2.13. The number of nitrogens with zero attached hydrogens (tertiary/aromatic N) is 1. The van der Waals surface area contributed by atoms with E-state index >= 15 is 0 Å². The lowest BCUT2D eigenvalue weighted by Gasteiger charge is -2.21. The van der Waals surface area contributed by atoms with Crippen LogP contribution in [0.5, 0.6) is 0 Å². The molecule has 1 saturated heterocycles. The largest absolute Gasteiger partial charge is 0.365 e. The molecule has 0 bridgehead atoms. The first-order chi connectivity index (χ1) is 8.51. The number of hydrogen-bond acceptors (Lipinski definition) is 3. The normalized spacial score (nSPS) is 23.1. The molecule has 0 aliphatic carbocycles. The van der Waals surface area contributed by atoms with Gasteiger partial charge >= 0.3 is 0 Å². The van der Waals surface area contributed by atoms with E-state index in [2.05, 4.69) is 16.4 Å². The van der Waals surface area contributed by atoms with Crippen LogP contribution in [-0.4, -0.2) is 23.1 Å². The van der Waals surface area contributed by atoms with Crippen molar-refractivity contribution in [1.82, 2.24) is 10.3 Å². The van der Waals surface area contributed by atoms with E-state index in [1.165, 1.54) is 0 Å². The van der Waals surface area contributed by atoms with Gasteiger partial charge in [-0.2, -0.15) is 0 Å². The van der Waals surface area contributed by atoms with Crippen molar-refractivity contribution in [3.63, 3.8) is 0 Å². The summed E-state index contributed by atoms with van der Waals surface area (Å²) in [5.74, 6) is -0.0294. The number of nitrogens with one attached hydrogen (secondary N) is 1. The van der Waals surface area contributed by atoms with Gasteiger partial charge in [0, 0.05) is 25.0 Å². The van der Waals surface area contributed by atoms with Crippen LogP contribution < -0.4 is 5.32 Å². The van der Waals surface area contributed by atoms with Gasteiger partial charge in [-0.3, -0.25) is 9.78 Å². The SMILES string of the molecule is Cc1cc(CNC(=O)[C@]2(C)CCCO2)cnc1C. The average molecular weight is 248 g/mol. The van der Waals surface area contributed by atoms with E-state index in [0.29, 0.717) is 13.2 Å². The lowest BCUT2D eigenvalue weighted by atomic mass is 10.0. The van der Waals surface area contributed by atoms with E-state index < -0.39 is 5.60 Å². The molecule has 18 heavy (non-hydrogen) atoms. The summed E-state index contributed by atoms with van der Waals surface area (Å²) in [4.78, 5) is 16.3. The Morgan fingerprint density at radius 1 is 1.56 bits per heavy atom. The quantitative estimate of drug-likeness (QED) is 0.888. The van der Waals surface area contributed by atoms with Crippen molar-refractivity contribution in [2.75, 3.05) is 6.61 Å². The zero-order chi connectivity index (χ0) is 13.2. The van der Waals surface area contributed by atoms with Crippen LogP contribution in [0.15, 0.2) is 12.3 Å². The second-order valence-corrected chi connectivity index (χ2v) is 5.11. The molecule has 1 fully saturated rings. The summed E-state index contributed by atoms with van der Waals surface area (Å²) in [6.45, 7) is 7.04. The van der Waals surface area contributed by atoms with Crippen LogP contribution in [0.4, 0.5) is 0 Å². The van der Waals surface area contributed by atoms with Gasteiger partial charge in [0.1, 0.15) is 5.60 Å². The molecule has 1 aliphatic rings. The summed E-state index contributed by atoms with van der Waals surface area (Å²) in [6, 6.07) is 2.06. The first-order valence-corrected chi connectivity index (χ1v) is 6.36. The van der Waals surface area contributed by atoms with Gasteiger partial charge in [0.05, 0.1) is 0 Å². The van der Waals surface area contributed by atoms with Crippen molar-refractivity contribution in [2.45, 2.75) is 45.8 Å². The van der Waals surface area contributed by atoms with Gasteiger partial charge < -0.3 is 10.1 Å². The van der Waals surface area contributed by atoms with Gasteiger partial charge in [-0.15, -0.1) is 0 Å². The molecular weight excluding hydrogens is 228 g/mol. The molecule has 4 nitrogen and oxygen atoms in total. The molecule has 1 aliphatic heterocycles.